The molecule has 0 bridgehead atoms. The summed E-state index contributed by atoms with van der Waals surface area (Å²) in [5.41, 5.74) is 7.26. The van der Waals surface area contributed by atoms with E-state index in [-0.39, 0.29) is 11.8 Å². The van der Waals surface area contributed by atoms with E-state index < -0.39 is 10.0 Å². The summed E-state index contributed by atoms with van der Waals surface area (Å²) in [6.45, 7) is 4.38. The fourth-order valence-electron chi connectivity index (χ4n) is 1.82. The van der Waals surface area contributed by atoms with Gasteiger partial charge in [0.1, 0.15) is 0 Å². The molecule has 0 atom stereocenters. The Bertz CT molecular complexity index is 468. The lowest BCUT2D eigenvalue weighted by atomic mass is 10.1. The molecule has 1 aromatic carbocycles. The fourth-order valence-corrected chi connectivity index (χ4v) is 3.36. The molecule has 0 saturated heterocycles. The molecular formula is C13H22N2O2S. The molecule has 1 rings (SSSR count). The molecule has 18 heavy (non-hydrogen) atoms. The number of nitrogens with one attached hydrogen (secondary N) is 1. The van der Waals surface area contributed by atoms with Gasteiger partial charge in [-0.05, 0) is 24.0 Å². The first-order valence-electron chi connectivity index (χ1n) is 6.28. The summed E-state index contributed by atoms with van der Waals surface area (Å²) in [5, 5.41) is 0. The second-order valence-corrected chi connectivity index (χ2v) is 6.17. The topological polar surface area (TPSA) is 72.2 Å². The minimum atomic E-state index is -3.27. The lowest BCUT2D eigenvalue weighted by molar-refractivity contribution is 0.529. The van der Waals surface area contributed by atoms with Gasteiger partial charge in [-0.2, -0.15) is 0 Å². The van der Waals surface area contributed by atoms with Gasteiger partial charge in [-0.25, -0.2) is 13.1 Å². The van der Waals surface area contributed by atoms with Crippen molar-refractivity contribution in [3.8, 4) is 0 Å². The molecule has 0 fully saturated rings. The smallest absolute Gasteiger partial charge is 0.216 e. The highest BCUT2D eigenvalue weighted by atomic mass is 32.2. The van der Waals surface area contributed by atoms with Crippen LogP contribution < -0.4 is 10.5 Å². The molecule has 0 spiro atoms. The summed E-state index contributed by atoms with van der Waals surface area (Å²) in [5.74, 6) is 0.0112. The number of hydrogen-bond acceptors (Lipinski definition) is 3. The van der Waals surface area contributed by atoms with Gasteiger partial charge in [-0.3, -0.25) is 0 Å². The van der Waals surface area contributed by atoms with Crippen LogP contribution in [0.1, 0.15) is 37.8 Å². The maximum atomic E-state index is 12.0. The van der Waals surface area contributed by atoms with Crippen LogP contribution in [0.3, 0.4) is 0 Å². The Morgan fingerprint density at radius 1 is 1.22 bits per heavy atom. The van der Waals surface area contributed by atoms with E-state index in [1.165, 1.54) is 0 Å². The van der Waals surface area contributed by atoms with E-state index in [2.05, 4.69) is 4.72 Å². The molecule has 0 heterocycles. The SMILES string of the molecule is CCC(CC)NS(=O)(=O)Cc1cccc(CN)c1. The first-order chi connectivity index (χ1) is 8.50. The average Bonchev–Trinajstić information content (AvgIpc) is 2.35. The van der Waals surface area contributed by atoms with E-state index in [0.29, 0.717) is 6.54 Å². The summed E-state index contributed by atoms with van der Waals surface area (Å²) in [6, 6.07) is 7.40. The van der Waals surface area contributed by atoms with E-state index in [1.807, 2.05) is 38.1 Å². The van der Waals surface area contributed by atoms with Gasteiger partial charge in [-0.1, -0.05) is 38.1 Å². The zero-order chi connectivity index (χ0) is 13.6. The quantitative estimate of drug-likeness (QED) is 0.793. The van der Waals surface area contributed by atoms with Gasteiger partial charge < -0.3 is 5.73 Å². The Labute approximate surface area is 110 Å². The summed E-state index contributed by atoms with van der Waals surface area (Å²) >= 11 is 0. The maximum absolute atomic E-state index is 12.0. The summed E-state index contributed by atoms with van der Waals surface area (Å²) < 4.78 is 26.7. The van der Waals surface area contributed by atoms with Gasteiger partial charge in [0.05, 0.1) is 5.75 Å². The van der Waals surface area contributed by atoms with Crippen molar-refractivity contribution in [2.24, 2.45) is 5.73 Å². The minimum Gasteiger partial charge on any atom is -0.326 e. The van der Waals surface area contributed by atoms with Crippen molar-refractivity contribution in [2.75, 3.05) is 0 Å². The van der Waals surface area contributed by atoms with Crippen molar-refractivity contribution >= 4 is 10.0 Å². The van der Waals surface area contributed by atoms with Gasteiger partial charge in [0, 0.05) is 12.6 Å². The summed E-state index contributed by atoms with van der Waals surface area (Å²) in [4.78, 5) is 0. The zero-order valence-electron chi connectivity index (χ0n) is 11.0. The van der Waals surface area contributed by atoms with E-state index in [0.717, 1.165) is 24.0 Å². The fraction of sp³-hybridized carbons (Fsp3) is 0.538. The monoisotopic (exact) mass is 270 g/mol. The molecule has 0 amide bonds. The molecule has 0 aliphatic heterocycles. The van der Waals surface area contributed by atoms with E-state index >= 15 is 0 Å². The standard InChI is InChI=1S/C13H22N2O2S/c1-3-13(4-2)15-18(16,17)10-12-7-5-6-11(8-12)9-14/h5-8,13,15H,3-4,9-10,14H2,1-2H3. The number of benzene rings is 1. The van der Waals surface area contributed by atoms with Crippen molar-refractivity contribution < 1.29 is 8.42 Å². The number of sulfonamides is 1. The second kappa shape index (κ2) is 6.87. The second-order valence-electron chi connectivity index (χ2n) is 4.41. The highest BCUT2D eigenvalue weighted by Crippen LogP contribution is 2.09. The Hall–Kier alpha value is -0.910. The van der Waals surface area contributed by atoms with Gasteiger partial charge in [0.2, 0.25) is 10.0 Å². The normalized spacial score (nSPS) is 12.0. The van der Waals surface area contributed by atoms with Gasteiger partial charge in [0.15, 0.2) is 0 Å². The van der Waals surface area contributed by atoms with Gasteiger partial charge >= 0.3 is 0 Å². The average molecular weight is 270 g/mol. The lowest BCUT2D eigenvalue weighted by Gasteiger charge is -2.15. The number of hydrogen-bond donors (Lipinski definition) is 2. The third kappa shape index (κ3) is 4.76. The zero-order valence-corrected chi connectivity index (χ0v) is 11.8. The largest absolute Gasteiger partial charge is 0.326 e. The minimum absolute atomic E-state index is 0.0112. The Balaban J connectivity index is 2.75. The van der Waals surface area contributed by atoms with E-state index in [9.17, 15) is 8.42 Å². The molecule has 1 aromatic rings. The van der Waals surface area contributed by atoms with Gasteiger partial charge in [-0.15, -0.1) is 0 Å². The van der Waals surface area contributed by atoms with Crippen LogP contribution >= 0.6 is 0 Å². The van der Waals surface area contributed by atoms with Crippen LogP contribution in [0.5, 0.6) is 0 Å². The third-order valence-electron chi connectivity index (χ3n) is 2.92. The van der Waals surface area contributed by atoms with Crippen LogP contribution in [0.4, 0.5) is 0 Å². The predicted octanol–water partition coefficient (Wildman–Crippen LogP) is 1.75. The van der Waals surface area contributed by atoms with E-state index in [4.69, 9.17) is 5.73 Å². The third-order valence-corrected chi connectivity index (χ3v) is 4.32. The number of rotatable bonds is 7. The molecule has 0 aliphatic carbocycles. The van der Waals surface area contributed by atoms with Crippen LogP contribution in [0, 0.1) is 0 Å². The molecule has 102 valence electrons. The Kier molecular flexibility index (Phi) is 5.78. The molecule has 5 heteroatoms. The maximum Gasteiger partial charge on any atom is 0.216 e. The molecule has 0 aromatic heterocycles. The highest BCUT2D eigenvalue weighted by molar-refractivity contribution is 7.88. The molecular weight excluding hydrogens is 248 g/mol. The van der Waals surface area contributed by atoms with Crippen molar-refractivity contribution in [1.82, 2.24) is 4.72 Å². The molecule has 3 N–H and O–H groups in total. The molecule has 0 radical (unpaired) electrons. The van der Waals surface area contributed by atoms with Crippen LogP contribution in [-0.4, -0.2) is 14.5 Å². The summed E-state index contributed by atoms with van der Waals surface area (Å²) in [7, 11) is -3.27. The Morgan fingerprint density at radius 3 is 2.39 bits per heavy atom. The highest BCUT2D eigenvalue weighted by Gasteiger charge is 2.15. The van der Waals surface area contributed by atoms with Crippen molar-refractivity contribution in [3.63, 3.8) is 0 Å². The van der Waals surface area contributed by atoms with Crippen LogP contribution in [0.25, 0.3) is 0 Å². The molecule has 0 saturated carbocycles. The van der Waals surface area contributed by atoms with E-state index in [1.54, 1.807) is 0 Å². The lowest BCUT2D eigenvalue weighted by Crippen LogP contribution is -2.34. The van der Waals surface area contributed by atoms with Crippen molar-refractivity contribution in [3.05, 3.63) is 35.4 Å². The molecule has 0 aliphatic rings. The first-order valence-corrected chi connectivity index (χ1v) is 7.93. The molecule has 4 nitrogen and oxygen atoms in total. The van der Waals surface area contributed by atoms with Crippen molar-refractivity contribution in [1.29, 1.82) is 0 Å². The van der Waals surface area contributed by atoms with Crippen LogP contribution in [0.15, 0.2) is 24.3 Å². The van der Waals surface area contributed by atoms with Gasteiger partial charge in [0.25, 0.3) is 0 Å². The van der Waals surface area contributed by atoms with Crippen LogP contribution in [0.2, 0.25) is 0 Å². The summed E-state index contributed by atoms with van der Waals surface area (Å²) in [6.07, 6.45) is 1.61. The van der Waals surface area contributed by atoms with Crippen LogP contribution in [-0.2, 0) is 22.3 Å². The number of nitrogens with two attached hydrogens (primary N) is 1. The van der Waals surface area contributed by atoms with Crippen molar-refractivity contribution in [2.45, 2.75) is 45.0 Å². The molecule has 0 unspecified atom stereocenters. The Morgan fingerprint density at radius 2 is 1.83 bits per heavy atom. The predicted molar refractivity (Wildman–Crippen MR) is 74.5 cm³/mol. The first kappa shape index (κ1) is 15.1.